The van der Waals surface area contributed by atoms with Gasteiger partial charge in [0.2, 0.25) is 0 Å². The number of nitrogens with zero attached hydrogens (tertiary/aromatic N) is 1. The van der Waals surface area contributed by atoms with Gasteiger partial charge in [0.15, 0.2) is 5.76 Å². The number of hydrogen-bond acceptors (Lipinski definition) is 3. The van der Waals surface area contributed by atoms with Crippen LogP contribution in [0.4, 0.5) is 5.69 Å². The number of hydrogen-bond donors (Lipinski definition) is 1. The Labute approximate surface area is 145 Å². The van der Waals surface area contributed by atoms with Crippen molar-refractivity contribution in [2.75, 3.05) is 5.32 Å². The number of halogens is 1. The first kappa shape index (κ1) is 16.3. The number of benzene rings is 2. The van der Waals surface area contributed by atoms with E-state index in [2.05, 4.69) is 24.1 Å². The van der Waals surface area contributed by atoms with E-state index in [9.17, 15) is 4.79 Å². The van der Waals surface area contributed by atoms with E-state index in [1.807, 2.05) is 36.4 Å². The van der Waals surface area contributed by atoms with Crippen LogP contribution in [0.3, 0.4) is 0 Å². The van der Waals surface area contributed by atoms with E-state index >= 15 is 0 Å². The van der Waals surface area contributed by atoms with Gasteiger partial charge >= 0.3 is 5.91 Å². The Hall–Kier alpha value is -2.59. The maximum absolute atomic E-state index is 12.4. The molecule has 0 spiro atoms. The largest absolute Gasteiger partial charge is 0.432 e. The van der Waals surface area contributed by atoms with Gasteiger partial charge in [-0.15, -0.1) is 0 Å². The molecule has 0 fully saturated rings. The highest BCUT2D eigenvalue weighted by Gasteiger charge is 2.16. The van der Waals surface area contributed by atoms with Crippen molar-refractivity contribution in [2.45, 2.75) is 19.8 Å². The summed E-state index contributed by atoms with van der Waals surface area (Å²) in [4.78, 5) is 16.5. The lowest BCUT2D eigenvalue weighted by Gasteiger charge is -2.12. The molecule has 2 aromatic carbocycles. The molecule has 0 aliphatic rings. The minimum Gasteiger partial charge on any atom is -0.432 e. The minimum atomic E-state index is -0.372. The van der Waals surface area contributed by atoms with Crippen LogP contribution < -0.4 is 5.32 Å². The van der Waals surface area contributed by atoms with Gasteiger partial charge in [-0.25, -0.2) is 4.98 Å². The number of amides is 1. The van der Waals surface area contributed by atoms with Crippen molar-refractivity contribution in [3.05, 3.63) is 71.2 Å². The standard InChI is InChI=1S/C19H17ClN2O2/c1-12(2)15-5-3-4-6-16(15)22-18(23)19-21-11-17(24-19)13-7-9-14(20)10-8-13/h3-12H,1-2H3,(H,22,23). The van der Waals surface area contributed by atoms with Gasteiger partial charge in [0, 0.05) is 16.3 Å². The fraction of sp³-hybridized carbons (Fsp3) is 0.158. The van der Waals surface area contributed by atoms with E-state index in [4.69, 9.17) is 16.0 Å². The van der Waals surface area contributed by atoms with E-state index in [0.29, 0.717) is 16.7 Å². The molecular weight excluding hydrogens is 324 g/mol. The zero-order valence-corrected chi connectivity index (χ0v) is 14.2. The SMILES string of the molecule is CC(C)c1ccccc1NC(=O)c1ncc(-c2ccc(Cl)cc2)o1. The van der Waals surface area contributed by atoms with Crippen LogP contribution in [0, 0.1) is 0 Å². The first-order valence-electron chi connectivity index (χ1n) is 7.66. The molecule has 1 aromatic heterocycles. The number of aromatic nitrogens is 1. The van der Waals surface area contributed by atoms with Gasteiger partial charge in [-0.1, -0.05) is 43.6 Å². The summed E-state index contributed by atoms with van der Waals surface area (Å²) in [5, 5.41) is 3.51. The molecule has 0 aliphatic carbocycles. The monoisotopic (exact) mass is 340 g/mol. The molecule has 4 nitrogen and oxygen atoms in total. The van der Waals surface area contributed by atoms with Gasteiger partial charge in [0.1, 0.15) is 0 Å². The molecule has 0 unspecified atom stereocenters. The second kappa shape index (κ2) is 6.89. The van der Waals surface area contributed by atoms with Crippen molar-refractivity contribution in [2.24, 2.45) is 0 Å². The van der Waals surface area contributed by atoms with E-state index in [1.165, 1.54) is 6.20 Å². The smallest absolute Gasteiger partial charge is 0.311 e. The molecule has 1 N–H and O–H groups in total. The molecule has 0 atom stereocenters. The average Bonchev–Trinajstić information content (AvgIpc) is 3.06. The molecule has 24 heavy (non-hydrogen) atoms. The van der Waals surface area contributed by atoms with Crippen molar-refractivity contribution >= 4 is 23.2 Å². The van der Waals surface area contributed by atoms with Crippen molar-refractivity contribution in [3.8, 4) is 11.3 Å². The maximum atomic E-state index is 12.4. The molecule has 3 rings (SSSR count). The third kappa shape index (κ3) is 3.49. The van der Waals surface area contributed by atoms with Crippen LogP contribution in [-0.2, 0) is 0 Å². The maximum Gasteiger partial charge on any atom is 0.311 e. The Morgan fingerprint density at radius 1 is 1.12 bits per heavy atom. The average molecular weight is 341 g/mol. The minimum absolute atomic E-state index is 0.0264. The van der Waals surface area contributed by atoms with Gasteiger partial charge in [-0.2, -0.15) is 0 Å². The van der Waals surface area contributed by atoms with Gasteiger partial charge in [0.05, 0.1) is 6.20 Å². The predicted molar refractivity (Wildman–Crippen MR) is 95.4 cm³/mol. The number of carbonyl (C=O) groups excluding carboxylic acids is 1. The summed E-state index contributed by atoms with van der Waals surface area (Å²) in [5.74, 6) is 0.478. The highest BCUT2D eigenvalue weighted by molar-refractivity contribution is 6.30. The van der Waals surface area contributed by atoms with Crippen LogP contribution in [-0.4, -0.2) is 10.9 Å². The first-order chi connectivity index (χ1) is 11.5. The number of oxazole rings is 1. The topological polar surface area (TPSA) is 55.1 Å². The molecule has 0 radical (unpaired) electrons. The summed E-state index contributed by atoms with van der Waals surface area (Å²) in [6.07, 6.45) is 1.53. The van der Waals surface area contributed by atoms with E-state index in [-0.39, 0.29) is 11.8 Å². The van der Waals surface area contributed by atoms with E-state index in [1.54, 1.807) is 12.1 Å². The van der Waals surface area contributed by atoms with Gasteiger partial charge in [-0.3, -0.25) is 4.79 Å². The predicted octanol–water partition coefficient (Wildman–Crippen LogP) is 5.37. The summed E-state index contributed by atoms with van der Waals surface area (Å²) >= 11 is 5.88. The van der Waals surface area contributed by atoms with Crippen LogP contribution in [0.1, 0.15) is 36.0 Å². The third-order valence-corrected chi connectivity index (χ3v) is 3.91. The number of para-hydroxylation sites is 1. The number of nitrogens with one attached hydrogen (secondary N) is 1. The second-order valence-electron chi connectivity index (χ2n) is 5.73. The lowest BCUT2D eigenvalue weighted by molar-refractivity contribution is 0.0991. The van der Waals surface area contributed by atoms with E-state index < -0.39 is 0 Å². The molecule has 1 amide bonds. The molecule has 0 bridgehead atoms. The quantitative estimate of drug-likeness (QED) is 0.694. The molecule has 0 saturated heterocycles. The highest BCUT2D eigenvalue weighted by Crippen LogP contribution is 2.25. The van der Waals surface area contributed by atoms with E-state index in [0.717, 1.165) is 16.8 Å². The highest BCUT2D eigenvalue weighted by atomic mass is 35.5. The second-order valence-corrected chi connectivity index (χ2v) is 6.17. The molecular formula is C19H17ClN2O2. The van der Waals surface area contributed by atoms with Crippen LogP contribution in [0.15, 0.2) is 59.1 Å². The Morgan fingerprint density at radius 2 is 1.83 bits per heavy atom. The summed E-state index contributed by atoms with van der Waals surface area (Å²) in [6, 6.07) is 14.9. The van der Waals surface area contributed by atoms with Crippen LogP contribution in [0.5, 0.6) is 0 Å². The lowest BCUT2D eigenvalue weighted by Crippen LogP contribution is -2.13. The Balaban J connectivity index is 1.81. The van der Waals surface area contributed by atoms with Crippen molar-refractivity contribution < 1.29 is 9.21 Å². The Bertz CT molecular complexity index is 854. The van der Waals surface area contributed by atoms with Crippen LogP contribution in [0.2, 0.25) is 5.02 Å². The van der Waals surface area contributed by atoms with Crippen LogP contribution in [0.25, 0.3) is 11.3 Å². The van der Waals surface area contributed by atoms with Crippen molar-refractivity contribution in [1.29, 1.82) is 0 Å². The number of rotatable bonds is 4. The van der Waals surface area contributed by atoms with Crippen molar-refractivity contribution in [3.63, 3.8) is 0 Å². The number of anilines is 1. The summed E-state index contributed by atoms with van der Waals surface area (Å²) in [5.41, 5.74) is 2.65. The molecule has 1 heterocycles. The van der Waals surface area contributed by atoms with Crippen LogP contribution >= 0.6 is 11.6 Å². The first-order valence-corrected chi connectivity index (χ1v) is 8.04. The summed E-state index contributed by atoms with van der Waals surface area (Å²) in [6.45, 7) is 4.16. The Kier molecular flexibility index (Phi) is 4.67. The third-order valence-electron chi connectivity index (χ3n) is 3.66. The Morgan fingerprint density at radius 3 is 2.54 bits per heavy atom. The number of carbonyl (C=O) groups is 1. The molecule has 0 saturated carbocycles. The summed E-state index contributed by atoms with van der Waals surface area (Å²) < 4.78 is 5.58. The normalized spacial score (nSPS) is 10.8. The van der Waals surface area contributed by atoms with Crippen molar-refractivity contribution in [1.82, 2.24) is 4.98 Å². The fourth-order valence-corrected chi connectivity index (χ4v) is 2.54. The fourth-order valence-electron chi connectivity index (χ4n) is 2.42. The molecule has 122 valence electrons. The van der Waals surface area contributed by atoms with Gasteiger partial charge in [0.25, 0.3) is 5.89 Å². The van der Waals surface area contributed by atoms with Gasteiger partial charge < -0.3 is 9.73 Å². The molecule has 5 heteroatoms. The molecule has 0 aliphatic heterocycles. The van der Waals surface area contributed by atoms with Gasteiger partial charge in [-0.05, 0) is 41.8 Å². The zero-order valence-electron chi connectivity index (χ0n) is 13.4. The summed E-state index contributed by atoms with van der Waals surface area (Å²) in [7, 11) is 0. The zero-order chi connectivity index (χ0) is 17.1. The lowest BCUT2D eigenvalue weighted by atomic mass is 10.0. The molecule has 3 aromatic rings.